The zero-order valence-electron chi connectivity index (χ0n) is 60.4. The highest BCUT2D eigenvalue weighted by molar-refractivity contribution is 7.47. The molecular weight excluding hydrogens is 1220 g/mol. The lowest BCUT2D eigenvalue weighted by atomic mass is 10.0. The van der Waals surface area contributed by atoms with Crippen molar-refractivity contribution in [3.63, 3.8) is 0 Å². The summed E-state index contributed by atoms with van der Waals surface area (Å²) in [6.07, 6.45) is 55.9. The minimum absolute atomic E-state index is 0.107. The Morgan fingerprint density at radius 2 is 0.495 bits per heavy atom. The highest BCUT2D eigenvalue weighted by Gasteiger charge is 2.30. The van der Waals surface area contributed by atoms with Crippen LogP contribution in [0.25, 0.3) is 0 Å². The molecule has 0 fully saturated rings. The summed E-state index contributed by atoms with van der Waals surface area (Å²) in [5.41, 5.74) is 0. The van der Waals surface area contributed by atoms with Crippen molar-refractivity contribution in [1.82, 2.24) is 0 Å². The van der Waals surface area contributed by atoms with Gasteiger partial charge in [0.1, 0.15) is 19.3 Å². The van der Waals surface area contributed by atoms with E-state index in [1.165, 1.54) is 205 Å². The van der Waals surface area contributed by atoms with Crippen molar-refractivity contribution >= 4 is 39.5 Å². The highest BCUT2D eigenvalue weighted by Crippen LogP contribution is 2.45. The van der Waals surface area contributed by atoms with Crippen molar-refractivity contribution in [3.8, 4) is 0 Å². The maximum atomic E-state index is 13.1. The summed E-state index contributed by atoms with van der Waals surface area (Å²) in [5.74, 6) is -1.33. The second-order valence-corrected chi connectivity index (χ2v) is 30.1. The van der Waals surface area contributed by atoms with E-state index >= 15 is 0 Å². The normalized spacial score (nSPS) is 14.0. The third kappa shape index (κ3) is 68.4. The van der Waals surface area contributed by atoms with Crippen LogP contribution in [0, 0.1) is 5.92 Å². The Morgan fingerprint density at radius 3 is 0.731 bits per heavy atom. The topological polar surface area (TPSA) is 237 Å². The van der Waals surface area contributed by atoms with E-state index in [1.54, 1.807) is 0 Å². The molecule has 0 aromatic carbocycles. The number of unbranched alkanes of at least 4 members (excludes halogenated alkanes) is 46. The number of phosphoric acid groups is 2. The van der Waals surface area contributed by atoms with Gasteiger partial charge in [-0.05, 0) is 31.6 Å². The molecule has 0 aliphatic carbocycles. The second-order valence-electron chi connectivity index (χ2n) is 27.2. The van der Waals surface area contributed by atoms with Crippen LogP contribution in [-0.2, 0) is 65.4 Å². The van der Waals surface area contributed by atoms with E-state index in [9.17, 15) is 43.2 Å². The third-order valence-electron chi connectivity index (χ3n) is 17.3. The SMILES string of the molecule is CCCCCCCCCCCCCCCCCCCCCC(=O)O[C@H](COC(=O)CCCCCCCCCCCCCCCCC(C)C)COP(=O)(O)OC[C@@H](O)COP(=O)(O)OC[C@@H](COC(=O)CCCCCCC)OC(=O)CCCCCCCCCCCCCC. The van der Waals surface area contributed by atoms with Crippen LogP contribution >= 0.6 is 15.6 Å². The maximum Gasteiger partial charge on any atom is 0.472 e. The van der Waals surface area contributed by atoms with Crippen molar-refractivity contribution in [2.45, 2.75) is 406 Å². The highest BCUT2D eigenvalue weighted by atomic mass is 31.2. The zero-order chi connectivity index (χ0) is 68.4. The first-order chi connectivity index (χ1) is 45.0. The second kappa shape index (κ2) is 67.3. The summed E-state index contributed by atoms with van der Waals surface area (Å²) in [7, 11) is -9.90. The molecule has 0 aromatic heterocycles. The van der Waals surface area contributed by atoms with Crippen LogP contribution in [0.4, 0.5) is 0 Å². The number of hydrogen-bond donors (Lipinski definition) is 3. The van der Waals surface area contributed by atoms with Gasteiger partial charge in [-0.1, -0.05) is 336 Å². The third-order valence-corrected chi connectivity index (χ3v) is 19.2. The number of phosphoric ester groups is 2. The fraction of sp³-hybridized carbons (Fsp3) is 0.946. The van der Waals surface area contributed by atoms with Gasteiger partial charge in [0.2, 0.25) is 0 Å². The number of rotatable bonds is 74. The largest absolute Gasteiger partial charge is 0.472 e. The molecule has 0 heterocycles. The van der Waals surface area contributed by atoms with Crippen LogP contribution in [0.2, 0.25) is 0 Å². The molecule has 552 valence electrons. The molecule has 5 atom stereocenters. The van der Waals surface area contributed by atoms with Crippen LogP contribution in [0.1, 0.15) is 388 Å². The van der Waals surface area contributed by atoms with E-state index in [4.69, 9.17) is 37.0 Å². The van der Waals surface area contributed by atoms with Gasteiger partial charge in [0.25, 0.3) is 0 Å². The number of hydrogen-bond acceptors (Lipinski definition) is 15. The van der Waals surface area contributed by atoms with Crippen LogP contribution in [-0.4, -0.2) is 96.7 Å². The Bertz CT molecular complexity index is 1790. The van der Waals surface area contributed by atoms with E-state index in [-0.39, 0.29) is 25.7 Å². The monoisotopic (exact) mass is 1370 g/mol. The molecular formula is C74H144O17P2. The molecule has 0 aliphatic heterocycles. The van der Waals surface area contributed by atoms with Crippen LogP contribution in [0.15, 0.2) is 0 Å². The predicted octanol–water partition coefficient (Wildman–Crippen LogP) is 21.7. The van der Waals surface area contributed by atoms with Crippen molar-refractivity contribution < 1.29 is 80.2 Å². The Kier molecular flexibility index (Phi) is 65.9. The van der Waals surface area contributed by atoms with Crippen LogP contribution in [0.5, 0.6) is 0 Å². The molecule has 0 saturated heterocycles. The molecule has 0 rings (SSSR count). The number of carbonyl (C=O) groups excluding carboxylic acids is 4. The smallest absolute Gasteiger partial charge is 0.462 e. The Morgan fingerprint density at radius 1 is 0.290 bits per heavy atom. The zero-order valence-corrected chi connectivity index (χ0v) is 62.2. The van der Waals surface area contributed by atoms with Gasteiger partial charge < -0.3 is 33.8 Å². The molecule has 0 aromatic rings. The molecule has 0 aliphatic rings. The minimum Gasteiger partial charge on any atom is -0.462 e. The van der Waals surface area contributed by atoms with Gasteiger partial charge in [0, 0.05) is 25.7 Å². The quantitative estimate of drug-likeness (QED) is 0.0222. The van der Waals surface area contributed by atoms with Crippen molar-refractivity contribution in [2.75, 3.05) is 39.6 Å². The molecule has 0 bridgehead atoms. The van der Waals surface area contributed by atoms with Gasteiger partial charge in [-0.3, -0.25) is 37.3 Å². The number of aliphatic hydroxyl groups is 1. The molecule has 0 amide bonds. The van der Waals surface area contributed by atoms with E-state index < -0.39 is 97.5 Å². The van der Waals surface area contributed by atoms with Gasteiger partial charge in [-0.2, -0.15) is 0 Å². The Balaban J connectivity index is 5.14. The standard InChI is InChI=1S/C74H144O17P2/c1-6-9-12-15-17-19-21-23-24-25-26-27-28-33-37-41-45-50-55-60-74(79)91-70(64-85-72(77)58-53-48-43-39-36-32-30-29-31-34-38-42-47-51-56-67(4)5)66-89-93(82,83)87-62-68(75)61-86-92(80,81)88-65-69(63-84-71(76)57-52-46-14-11-8-3)90-73(78)59-54-49-44-40-35-22-20-18-16-13-10-7-2/h67-70,75H,6-66H2,1-5H3,(H,80,81)(H,82,83)/t68-,69+,70+/m0/s1. The van der Waals surface area contributed by atoms with E-state index in [0.717, 1.165) is 102 Å². The number of ether oxygens (including phenoxy) is 4. The molecule has 93 heavy (non-hydrogen) atoms. The van der Waals surface area contributed by atoms with Gasteiger partial charge in [0.15, 0.2) is 12.2 Å². The first-order valence-electron chi connectivity index (χ1n) is 38.6. The molecule has 2 unspecified atom stereocenters. The average molecular weight is 1370 g/mol. The van der Waals surface area contributed by atoms with Crippen LogP contribution < -0.4 is 0 Å². The fourth-order valence-electron chi connectivity index (χ4n) is 11.4. The minimum atomic E-state index is -4.95. The first-order valence-corrected chi connectivity index (χ1v) is 41.6. The molecule has 19 heteroatoms. The molecule has 0 spiro atoms. The van der Waals surface area contributed by atoms with Crippen LogP contribution in [0.3, 0.4) is 0 Å². The van der Waals surface area contributed by atoms with Crippen molar-refractivity contribution in [3.05, 3.63) is 0 Å². The lowest BCUT2D eigenvalue weighted by molar-refractivity contribution is -0.161. The molecule has 3 N–H and O–H groups in total. The summed E-state index contributed by atoms with van der Waals surface area (Å²) < 4.78 is 68.2. The summed E-state index contributed by atoms with van der Waals surface area (Å²) in [6.45, 7) is 7.21. The predicted molar refractivity (Wildman–Crippen MR) is 377 cm³/mol. The molecule has 0 radical (unpaired) electrons. The maximum absolute atomic E-state index is 13.1. The molecule has 17 nitrogen and oxygen atoms in total. The summed E-state index contributed by atoms with van der Waals surface area (Å²) in [6, 6.07) is 0. The van der Waals surface area contributed by atoms with E-state index in [0.29, 0.717) is 25.7 Å². The van der Waals surface area contributed by atoms with Gasteiger partial charge in [-0.15, -0.1) is 0 Å². The Labute approximate surface area is 568 Å². The lowest BCUT2D eigenvalue weighted by Gasteiger charge is -2.21. The average Bonchev–Trinajstić information content (AvgIpc) is 3.51. The first kappa shape index (κ1) is 91.1. The summed E-state index contributed by atoms with van der Waals surface area (Å²) in [5, 5.41) is 10.6. The van der Waals surface area contributed by atoms with Gasteiger partial charge >= 0.3 is 39.5 Å². The van der Waals surface area contributed by atoms with E-state index in [1.807, 2.05) is 0 Å². The number of carbonyl (C=O) groups is 4. The lowest BCUT2D eigenvalue weighted by Crippen LogP contribution is -2.30. The fourth-order valence-corrected chi connectivity index (χ4v) is 12.9. The Hall–Kier alpha value is -1.94. The van der Waals surface area contributed by atoms with Crippen molar-refractivity contribution in [2.24, 2.45) is 5.92 Å². The van der Waals surface area contributed by atoms with Crippen molar-refractivity contribution in [1.29, 1.82) is 0 Å². The molecule has 0 saturated carbocycles. The number of esters is 4. The summed E-state index contributed by atoms with van der Waals surface area (Å²) in [4.78, 5) is 72.4. The summed E-state index contributed by atoms with van der Waals surface area (Å²) >= 11 is 0. The van der Waals surface area contributed by atoms with E-state index in [2.05, 4.69) is 34.6 Å². The van der Waals surface area contributed by atoms with Gasteiger partial charge in [0.05, 0.1) is 26.4 Å². The number of aliphatic hydroxyl groups excluding tert-OH is 1. The van der Waals surface area contributed by atoms with Gasteiger partial charge in [-0.25, -0.2) is 9.13 Å².